The smallest absolute Gasteiger partial charge is 0.255 e. The number of nitrogens with zero attached hydrogens (tertiary/aromatic N) is 2. The molecule has 0 fully saturated rings. The summed E-state index contributed by atoms with van der Waals surface area (Å²) in [4.78, 5) is 13.7. The molecule has 1 amide bonds. The van der Waals surface area contributed by atoms with E-state index < -0.39 is 6.04 Å². The van der Waals surface area contributed by atoms with Gasteiger partial charge in [-0.05, 0) is 48.9 Å². The molecule has 1 aliphatic heterocycles. The maximum Gasteiger partial charge on any atom is 0.255 e. The van der Waals surface area contributed by atoms with Gasteiger partial charge in [0.05, 0.1) is 24.1 Å². The van der Waals surface area contributed by atoms with Gasteiger partial charge in [-0.15, -0.1) is 0 Å². The van der Waals surface area contributed by atoms with Crippen molar-refractivity contribution in [2.45, 2.75) is 13.0 Å². The summed E-state index contributed by atoms with van der Waals surface area (Å²) in [6.07, 6.45) is 0. The molecule has 2 N–H and O–H groups in total. The number of nitrogens with one attached hydrogen (secondary N) is 2. The molecule has 4 aromatic rings. The fourth-order valence-electron chi connectivity index (χ4n) is 4.22. The summed E-state index contributed by atoms with van der Waals surface area (Å²) >= 11 is 9.58. The minimum absolute atomic E-state index is 0.235. The highest BCUT2D eigenvalue weighted by molar-refractivity contribution is 9.10. The number of carbonyl (C=O) groups is 1. The molecule has 35 heavy (non-hydrogen) atoms. The lowest BCUT2D eigenvalue weighted by Crippen LogP contribution is -2.31. The molecule has 176 valence electrons. The maximum atomic E-state index is 13.7. The molecule has 0 saturated heterocycles. The van der Waals surface area contributed by atoms with E-state index in [1.54, 1.807) is 7.11 Å². The standard InChI is InChI=1S/C27H22BrClN4O2/c1-16-25(27(34)31-21-5-3-4-6-23(21)35-2)26(18-7-11-19(28)12-8-18)33-24(30-16)15-22(32-33)17-9-13-20(29)14-10-17/h3-15,26,30H,1-2H3,(H,31,34). The van der Waals surface area contributed by atoms with Crippen LogP contribution in [0.1, 0.15) is 18.5 Å². The van der Waals surface area contributed by atoms with Crippen LogP contribution in [0.5, 0.6) is 5.75 Å². The molecule has 1 aromatic heterocycles. The quantitative estimate of drug-likeness (QED) is 0.284. The Labute approximate surface area is 216 Å². The Balaban J connectivity index is 1.59. The van der Waals surface area contributed by atoms with Gasteiger partial charge >= 0.3 is 0 Å². The summed E-state index contributed by atoms with van der Waals surface area (Å²) in [5.74, 6) is 1.16. The molecular formula is C27H22BrClN4O2. The topological polar surface area (TPSA) is 68.2 Å². The number of benzene rings is 3. The number of hydrogen-bond donors (Lipinski definition) is 2. The van der Waals surface area contributed by atoms with Crippen molar-refractivity contribution in [3.05, 3.63) is 105 Å². The van der Waals surface area contributed by atoms with Crippen LogP contribution in [0.15, 0.2) is 94.6 Å². The number of halogens is 2. The van der Waals surface area contributed by atoms with Crippen LogP contribution in [-0.4, -0.2) is 22.8 Å². The molecule has 0 spiro atoms. The average Bonchev–Trinajstić information content (AvgIpc) is 3.28. The van der Waals surface area contributed by atoms with Crippen LogP contribution >= 0.6 is 27.5 Å². The summed E-state index contributed by atoms with van der Waals surface area (Å²) < 4.78 is 8.24. The molecule has 2 heterocycles. The SMILES string of the molecule is COc1ccccc1NC(=O)C1=C(C)Nc2cc(-c3ccc(Cl)cc3)nn2C1c1ccc(Br)cc1. The van der Waals surface area contributed by atoms with Crippen molar-refractivity contribution in [2.24, 2.45) is 0 Å². The number of ether oxygens (including phenoxy) is 1. The number of rotatable bonds is 5. The fourth-order valence-corrected chi connectivity index (χ4v) is 4.61. The van der Waals surface area contributed by atoms with Gasteiger partial charge in [0.1, 0.15) is 17.6 Å². The molecule has 1 atom stereocenters. The molecule has 5 rings (SSSR count). The van der Waals surface area contributed by atoms with Crippen LogP contribution in [0, 0.1) is 0 Å². The monoisotopic (exact) mass is 548 g/mol. The normalized spacial score (nSPS) is 14.8. The van der Waals surface area contributed by atoms with Crippen molar-refractivity contribution in [1.29, 1.82) is 0 Å². The lowest BCUT2D eigenvalue weighted by Gasteiger charge is -2.30. The van der Waals surface area contributed by atoms with Crippen LogP contribution in [-0.2, 0) is 4.79 Å². The minimum atomic E-state index is -0.435. The summed E-state index contributed by atoms with van der Waals surface area (Å²) in [6.45, 7) is 1.90. The van der Waals surface area contributed by atoms with Gasteiger partial charge in [0.2, 0.25) is 0 Å². The molecule has 0 radical (unpaired) electrons. The van der Waals surface area contributed by atoms with Crippen molar-refractivity contribution in [3.63, 3.8) is 0 Å². The number of methoxy groups -OCH3 is 1. The summed E-state index contributed by atoms with van der Waals surface area (Å²) in [7, 11) is 1.58. The van der Waals surface area contributed by atoms with Gasteiger partial charge in [-0.1, -0.05) is 63.9 Å². The van der Waals surface area contributed by atoms with Crippen molar-refractivity contribution >= 4 is 44.9 Å². The molecule has 0 aliphatic carbocycles. The van der Waals surface area contributed by atoms with E-state index in [0.29, 0.717) is 22.0 Å². The third-order valence-corrected chi connectivity index (χ3v) is 6.68. The highest BCUT2D eigenvalue weighted by Gasteiger charge is 2.34. The third-order valence-electron chi connectivity index (χ3n) is 5.90. The Bertz CT molecular complexity index is 1430. The van der Waals surface area contributed by atoms with Gasteiger partial charge in [-0.25, -0.2) is 4.68 Å². The molecule has 0 saturated carbocycles. The maximum absolute atomic E-state index is 13.7. The largest absolute Gasteiger partial charge is 0.495 e. The zero-order chi connectivity index (χ0) is 24.5. The minimum Gasteiger partial charge on any atom is -0.495 e. The van der Waals surface area contributed by atoms with Crippen LogP contribution in [0.3, 0.4) is 0 Å². The zero-order valence-corrected chi connectivity index (χ0v) is 21.4. The van der Waals surface area contributed by atoms with Crippen LogP contribution in [0.4, 0.5) is 11.5 Å². The second-order valence-corrected chi connectivity index (χ2v) is 9.49. The van der Waals surface area contributed by atoms with Crippen molar-refractivity contribution in [3.8, 4) is 17.0 Å². The number of hydrogen-bond acceptors (Lipinski definition) is 4. The Morgan fingerprint density at radius 3 is 2.51 bits per heavy atom. The Morgan fingerprint density at radius 2 is 1.80 bits per heavy atom. The van der Waals surface area contributed by atoms with Crippen LogP contribution in [0.25, 0.3) is 11.3 Å². The van der Waals surface area contributed by atoms with Crippen molar-refractivity contribution in [2.75, 3.05) is 17.7 Å². The van der Waals surface area contributed by atoms with E-state index in [-0.39, 0.29) is 5.91 Å². The Hall–Kier alpha value is -3.55. The summed E-state index contributed by atoms with van der Waals surface area (Å²) in [5, 5.41) is 12.0. The highest BCUT2D eigenvalue weighted by Crippen LogP contribution is 2.39. The second kappa shape index (κ2) is 9.60. The number of allylic oxidation sites excluding steroid dienone is 1. The molecule has 6 nitrogen and oxygen atoms in total. The van der Waals surface area contributed by atoms with Gasteiger partial charge in [0.25, 0.3) is 5.91 Å². The van der Waals surface area contributed by atoms with Crippen molar-refractivity contribution < 1.29 is 9.53 Å². The molecule has 3 aromatic carbocycles. The van der Waals surface area contributed by atoms with E-state index in [1.165, 1.54) is 0 Å². The first-order valence-electron chi connectivity index (χ1n) is 11.0. The number of para-hydroxylation sites is 2. The Kier molecular flexibility index (Phi) is 6.36. The van der Waals surface area contributed by atoms with Gasteiger partial charge in [-0.2, -0.15) is 5.10 Å². The zero-order valence-electron chi connectivity index (χ0n) is 19.0. The number of anilines is 2. The first kappa shape index (κ1) is 23.2. The van der Waals surface area contributed by atoms with Gasteiger partial charge < -0.3 is 15.4 Å². The van der Waals surface area contributed by atoms with E-state index >= 15 is 0 Å². The van der Waals surface area contributed by atoms with E-state index in [9.17, 15) is 4.79 Å². The first-order chi connectivity index (χ1) is 16.9. The van der Waals surface area contributed by atoms with E-state index in [2.05, 4.69) is 26.6 Å². The van der Waals surface area contributed by atoms with E-state index in [4.69, 9.17) is 21.4 Å². The molecule has 8 heteroatoms. The summed E-state index contributed by atoms with van der Waals surface area (Å²) in [6, 6.07) is 24.3. The van der Waals surface area contributed by atoms with Gasteiger partial charge in [0.15, 0.2) is 0 Å². The third kappa shape index (κ3) is 4.57. The predicted molar refractivity (Wildman–Crippen MR) is 143 cm³/mol. The average molecular weight is 550 g/mol. The number of fused-ring (bicyclic) bond motifs is 1. The van der Waals surface area contributed by atoms with Gasteiger partial charge in [-0.3, -0.25) is 4.79 Å². The summed E-state index contributed by atoms with van der Waals surface area (Å²) in [5.41, 5.74) is 4.57. The lowest BCUT2D eigenvalue weighted by molar-refractivity contribution is -0.113. The Morgan fingerprint density at radius 1 is 1.09 bits per heavy atom. The molecule has 0 bridgehead atoms. The second-order valence-electron chi connectivity index (χ2n) is 8.14. The van der Waals surface area contributed by atoms with Crippen molar-refractivity contribution in [1.82, 2.24) is 9.78 Å². The number of amides is 1. The number of aromatic nitrogens is 2. The lowest BCUT2D eigenvalue weighted by atomic mass is 9.95. The molecule has 1 aliphatic rings. The number of carbonyl (C=O) groups excluding carboxylic acids is 1. The van der Waals surface area contributed by atoms with E-state index in [0.717, 1.165) is 32.8 Å². The van der Waals surface area contributed by atoms with E-state index in [1.807, 2.05) is 90.5 Å². The fraction of sp³-hybridized carbons (Fsp3) is 0.111. The molecular weight excluding hydrogens is 528 g/mol. The van der Waals surface area contributed by atoms with Gasteiger partial charge in [0, 0.05) is 26.8 Å². The predicted octanol–water partition coefficient (Wildman–Crippen LogP) is 6.90. The highest BCUT2D eigenvalue weighted by atomic mass is 79.9. The van der Waals surface area contributed by atoms with Crippen LogP contribution in [0.2, 0.25) is 5.02 Å². The molecule has 1 unspecified atom stereocenters. The first-order valence-corrected chi connectivity index (χ1v) is 12.1. The van der Waals surface area contributed by atoms with Crippen LogP contribution < -0.4 is 15.4 Å².